The van der Waals surface area contributed by atoms with Crippen molar-refractivity contribution in [3.63, 3.8) is 0 Å². The van der Waals surface area contributed by atoms with Gasteiger partial charge in [0.15, 0.2) is 5.79 Å². The maximum absolute atomic E-state index is 9.25. The third-order valence-corrected chi connectivity index (χ3v) is 5.24. The van der Waals surface area contributed by atoms with E-state index < -0.39 is 0 Å². The van der Waals surface area contributed by atoms with Gasteiger partial charge in [-0.2, -0.15) is 0 Å². The molecule has 128 valence electrons. The molecule has 2 aliphatic rings. The van der Waals surface area contributed by atoms with E-state index in [-0.39, 0.29) is 24.5 Å². The lowest BCUT2D eigenvalue weighted by molar-refractivity contribution is -0.191. The van der Waals surface area contributed by atoms with Gasteiger partial charge in [0.1, 0.15) is 0 Å². The summed E-state index contributed by atoms with van der Waals surface area (Å²) in [5.74, 6) is 0.489. The average molecular weight is 319 g/mol. The fourth-order valence-electron chi connectivity index (χ4n) is 3.57. The van der Waals surface area contributed by atoms with E-state index in [1.165, 1.54) is 18.4 Å². The molecular formula is C19H29NO3. The molecule has 1 heterocycles. The molecule has 2 fully saturated rings. The summed E-state index contributed by atoms with van der Waals surface area (Å²) in [6, 6.07) is 8.30. The lowest BCUT2D eigenvalue weighted by Gasteiger charge is -2.34. The second-order valence-corrected chi connectivity index (χ2v) is 7.18. The van der Waals surface area contributed by atoms with Crippen molar-refractivity contribution in [1.82, 2.24) is 5.32 Å². The summed E-state index contributed by atoms with van der Waals surface area (Å²) in [7, 11) is 0. The number of rotatable bonds is 5. The van der Waals surface area contributed by atoms with Gasteiger partial charge in [-0.3, -0.25) is 0 Å². The maximum Gasteiger partial charge on any atom is 0.168 e. The Labute approximate surface area is 139 Å². The largest absolute Gasteiger partial charge is 0.392 e. The van der Waals surface area contributed by atoms with E-state index in [0.29, 0.717) is 6.61 Å². The standard InChI is InChI=1S/C19H29NO3/c1-14-6-8-19(9-7-14)22-13-18(23-19)11-20-15(2)17-5-3-4-16(10-17)12-21/h3-5,10,14-15,18,20-21H,6-9,11-13H2,1-2H3. The number of ether oxygens (including phenoxy) is 2. The summed E-state index contributed by atoms with van der Waals surface area (Å²) in [6.45, 7) is 6.01. The lowest BCUT2D eigenvalue weighted by Crippen LogP contribution is -2.37. The van der Waals surface area contributed by atoms with Crippen LogP contribution in [0.2, 0.25) is 0 Å². The van der Waals surface area contributed by atoms with E-state index in [0.717, 1.165) is 30.9 Å². The van der Waals surface area contributed by atoms with Crippen LogP contribution in [0.4, 0.5) is 0 Å². The van der Waals surface area contributed by atoms with E-state index in [9.17, 15) is 5.11 Å². The smallest absolute Gasteiger partial charge is 0.168 e. The Kier molecular flexibility index (Phi) is 5.37. The van der Waals surface area contributed by atoms with E-state index in [1.54, 1.807) is 0 Å². The fourth-order valence-corrected chi connectivity index (χ4v) is 3.57. The number of aliphatic hydroxyl groups is 1. The number of aliphatic hydroxyl groups excluding tert-OH is 1. The predicted octanol–water partition coefficient (Wildman–Crippen LogP) is 3.15. The second-order valence-electron chi connectivity index (χ2n) is 7.18. The molecule has 1 saturated heterocycles. The van der Waals surface area contributed by atoms with Gasteiger partial charge in [0.05, 0.1) is 19.3 Å². The number of hydrogen-bond acceptors (Lipinski definition) is 4. The maximum atomic E-state index is 9.25. The monoisotopic (exact) mass is 319 g/mol. The number of nitrogens with one attached hydrogen (secondary N) is 1. The van der Waals surface area contributed by atoms with Crippen molar-refractivity contribution < 1.29 is 14.6 Å². The fraction of sp³-hybridized carbons (Fsp3) is 0.684. The highest BCUT2D eigenvalue weighted by atomic mass is 16.7. The van der Waals surface area contributed by atoms with Crippen LogP contribution in [-0.2, 0) is 16.1 Å². The minimum absolute atomic E-state index is 0.0844. The van der Waals surface area contributed by atoms with Crippen LogP contribution >= 0.6 is 0 Å². The zero-order valence-corrected chi connectivity index (χ0v) is 14.3. The molecule has 4 heteroatoms. The molecule has 1 aromatic carbocycles. The van der Waals surface area contributed by atoms with Gasteiger partial charge in [0.25, 0.3) is 0 Å². The Morgan fingerprint density at radius 1 is 1.35 bits per heavy atom. The van der Waals surface area contributed by atoms with Crippen LogP contribution in [0.5, 0.6) is 0 Å². The normalized spacial score (nSPS) is 32.3. The van der Waals surface area contributed by atoms with Gasteiger partial charge in [-0.15, -0.1) is 0 Å². The van der Waals surface area contributed by atoms with Gasteiger partial charge in [0, 0.05) is 25.4 Å². The first-order chi connectivity index (χ1) is 11.1. The molecule has 23 heavy (non-hydrogen) atoms. The molecular weight excluding hydrogens is 290 g/mol. The van der Waals surface area contributed by atoms with Crippen molar-refractivity contribution >= 4 is 0 Å². The zero-order chi connectivity index (χ0) is 16.3. The molecule has 2 unspecified atom stereocenters. The first kappa shape index (κ1) is 16.9. The van der Waals surface area contributed by atoms with Crippen LogP contribution in [0.1, 0.15) is 56.7 Å². The van der Waals surface area contributed by atoms with E-state index in [2.05, 4.69) is 25.2 Å². The zero-order valence-electron chi connectivity index (χ0n) is 14.3. The van der Waals surface area contributed by atoms with Crippen molar-refractivity contribution in [3.05, 3.63) is 35.4 Å². The third kappa shape index (κ3) is 4.13. The molecule has 4 nitrogen and oxygen atoms in total. The Hall–Kier alpha value is -0.940. The first-order valence-electron chi connectivity index (χ1n) is 8.85. The summed E-state index contributed by atoms with van der Waals surface area (Å²) in [6.07, 6.45) is 4.58. The van der Waals surface area contributed by atoms with Gasteiger partial charge in [-0.1, -0.05) is 31.2 Å². The van der Waals surface area contributed by atoms with Gasteiger partial charge in [-0.05, 0) is 36.8 Å². The van der Waals surface area contributed by atoms with Crippen LogP contribution in [0.15, 0.2) is 24.3 Å². The predicted molar refractivity (Wildman–Crippen MR) is 90.0 cm³/mol. The molecule has 0 aromatic heterocycles. The van der Waals surface area contributed by atoms with Crippen molar-refractivity contribution in [1.29, 1.82) is 0 Å². The van der Waals surface area contributed by atoms with Crippen LogP contribution in [0, 0.1) is 5.92 Å². The van der Waals surface area contributed by atoms with Crippen molar-refractivity contribution in [2.75, 3.05) is 13.2 Å². The van der Waals surface area contributed by atoms with Gasteiger partial charge in [0.2, 0.25) is 0 Å². The molecule has 2 atom stereocenters. The quantitative estimate of drug-likeness (QED) is 0.875. The van der Waals surface area contributed by atoms with Gasteiger partial charge in [-0.25, -0.2) is 0 Å². The van der Waals surface area contributed by atoms with Crippen LogP contribution < -0.4 is 5.32 Å². The lowest BCUT2D eigenvalue weighted by atomic mass is 9.86. The van der Waals surface area contributed by atoms with E-state index in [1.807, 2.05) is 18.2 Å². The van der Waals surface area contributed by atoms with Gasteiger partial charge >= 0.3 is 0 Å². The molecule has 0 bridgehead atoms. The van der Waals surface area contributed by atoms with Gasteiger partial charge < -0.3 is 19.9 Å². The van der Waals surface area contributed by atoms with Crippen LogP contribution in [0.25, 0.3) is 0 Å². The Morgan fingerprint density at radius 2 is 2.13 bits per heavy atom. The molecule has 1 saturated carbocycles. The van der Waals surface area contributed by atoms with E-state index >= 15 is 0 Å². The van der Waals surface area contributed by atoms with Crippen LogP contribution in [-0.4, -0.2) is 30.1 Å². The van der Waals surface area contributed by atoms with Crippen molar-refractivity contribution in [3.8, 4) is 0 Å². The Bertz CT molecular complexity index is 511. The van der Waals surface area contributed by atoms with Crippen LogP contribution in [0.3, 0.4) is 0 Å². The van der Waals surface area contributed by atoms with Crippen molar-refractivity contribution in [2.45, 2.75) is 64.1 Å². The summed E-state index contributed by atoms with van der Waals surface area (Å²) in [4.78, 5) is 0. The molecule has 1 spiro atoms. The van der Waals surface area contributed by atoms with E-state index in [4.69, 9.17) is 9.47 Å². The highest BCUT2D eigenvalue weighted by Gasteiger charge is 2.43. The third-order valence-electron chi connectivity index (χ3n) is 5.24. The highest BCUT2D eigenvalue weighted by Crippen LogP contribution is 2.39. The molecule has 2 N–H and O–H groups in total. The molecule has 0 radical (unpaired) electrons. The minimum Gasteiger partial charge on any atom is -0.392 e. The minimum atomic E-state index is -0.307. The SMILES string of the molecule is CC1CCC2(CC1)OCC(CNC(C)c1cccc(CO)c1)O2. The molecule has 1 aliphatic heterocycles. The van der Waals surface area contributed by atoms with Crippen molar-refractivity contribution in [2.24, 2.45) is 5.92 Å². The summed E-state index contributed by atoms with van der Waals surface area (Å²) < 4.78 is 12.3. The number of benzene rings is 1. The summed E-state index contributed by atoms with van der Waals surface area (Å²) >= 11 is 0. The highest BCUT2D eigenvalue weighted by molar-refractivity contribution is 5.25. The average Bonchev–Trinajstić information content (AvgIpc) is 2.99. The Morgan fingerprint density at radius 3 is 2.87 bits per heavy atom. The summed E-state index contributed by atoms with van der Waals surface area (Å²) in [5, 5.41) is 12.8. The second kappa shape index (κ2) is 7.31. The summed E-state index contributed by atoms with van der Waals surface area (Å²) in [5.41, 5.74) is 2.14. The molecule has 1 aliphatic carbocycles. The molecule has 3 rings (SSSR count). The topological polar surface area (TPSA) is 50.7 Å². The molecule has 1 aromatic rings. The molecule has 0 amide bonds. The first-order valence-corrected chi connectivity index (χ1v) is 8.85. The Balaban J connectivity index is 1.49. The number of hydrogen-bond donors (Lipinski definition) is 2.